The summed E-state index contributed by atoms with van der Waals surface area (Å²) < 4.78 is 23.8. The molecule has 2 aromatic carbocycles. The van der Waals surface area contributed by atoms with Crippen LogP contribution in [0.2, 0.25) is 0 Å². The van der Waals surface area contributed by atoms with Gasteiger partial charge in [0.2, 0.25) is 5.88 Å². The molecule has 2 fully saturated rings. The Labute approximate surface area is 217 Å². The van der Waals surface area contributed by atoms with Gasteiger partial charge < -0.3 is 24.3 Å². The van der Waals surface area contributed by atoms with Gasteiger partial charge in [0, 0.05) is 32.8 Å². The number of hydrogen-bond acceptors (Lipinski definition) is 8. The van der Waals surface area contributed by atoms with Gasteiger partial charge in [-0.3, -0.25) is 4.90 Å². The predicted molar refractivity (Wildman–Crippen MR) is 140 cm³/mol. The molecule has 0 bridgehead atoms. The molecular formula is C29H34N4O4. The first-order chi connectivity index (χ1) is 18.3. The highest BCUT2D eigenvalue weighted by Gasteiger charge is 2.40. The van der Waals surface area contributed by atoms with Crippen LogP contribution in [0.4, 0.5) is 5.82 Å². The number of fused-ring (bicyclic) bond motifs is 1. The van der Waals surface area contributed by atoms with Crippen molar-refractivity contribution >= 4 is 5.82 Å². The molecule has 2 saturated heterocycles. The van der Waals surface area contributed by atoms with Crippen LogP contribution in [-0.4, -0.2) is 73.6 Å². The van der Waals surface area contributed by atoms with Crippen LogP contribution in [0.3, 0.4) is 0 Å². The highest BCUT2D eigenvalue weighted by molar-refractivity contribution is 5.58. The standard InChI is InChI=1S/C29H34N4O4/c1-2-5-21(6-3-1)25-26-28(30-19-24-7-4-15-35-24)31-20-32-29(26)37-27(25)22-8-10-23(11-9-22)36-18-14-33-12-16-34-17-13-33/h1-3,5-6,8-11,20,24-25,27H,4,7,12-19H2,(H,30,31,32)/t24-,25?,27?/m0/s1. The summed E-state index contributed by atoms with van der Waals surface area (Å²) in [6.45, 7) is 6.67. The molecule has 3 aliphatic rings. The average Bonchev–Trinajstić information content (AvgIpc) is 3.62. The quantitative estimate of drug-likeness (QED) is 0.470. The van der Waals surface area contributed by atoms with Gasteiger partial charge in [-0.15, -0.1) is 0 Å². The monoisotopic (exact) mass is 502 g/mol. The predicted octanol–water partition coefficient (Wildman–Crippen LogP) is 4.04. The van der Waals surface area contributed by atoms with Crippen molar-refractivity contribution in [1.29, 1.82) is 0 Å². The molecule has 1 aromatic heterocycles. The fourth-order valence-corrected chi connectivity index (χ4v) is 5.38. The van der Waals surface area contributed by atoms with E-state index >= 15 is 0 Å². The fraction of sp³-hybridized carbons (Fsp3) is 0.448. The number of aromatic nitrogens is 2. The van der Waals surface area contributed by atoms with E-state index in [0.29, 0.717) is 12.5 Å². The highest BCUT2D eigenvalue weighted by Crippen LogP contribution is 2.50. The molecular weight excluding hydrogens is 468 g/mol. The molecule has 3 atom stereocenters. The first kappa shape index (κ1) is 24.2. The zero-order valence-electron chi connectivity index (χ0n) is 21.1. The number of ether oxygens (including phenoxy) is 4. The molecule has 3 aliphatic heterocycles. The van der Waals surface area contributed by atoms with E-state index in [2.05, 4.69) is 56.6 Å². The molecule has 0 aliphatic carbocycles. The van der Waals surface area contributed by atoms with E-state index in [9.17, 15) is 0 Å². The molecule has 1 N–H and O–H groups in total. The lowest BCUT2D eigenvalue weighted by atomic mass is 9.85. The fourth-order valence-electron chi connectivity index (χ4n) is 5.38. The molecule has 4 heterocycles. The summed E-state index contributed by atoms with van der Waals surface area (Å²) in [5.74, 6) is 2.29. The van der Waals surface area contributed by atoms with Crippen molar-refractivity contribution < 1.29 is 18.9 Å². The van der Waals surface area contributed by atoms with Crippen molar-refractivity contribution in [2.45, 2.75) is 31.0 Å². The van der Waals surface area contributed by atoms with Crippen molar-refractivity contribution in [3.63, 3.8) is 0 Å². The first-order valence-electron chi connectivity index (χ1n) is 13.3. The summed E-state index contributed by atoms with van der Waals surface area (Å²) in [6.07, 6.45) is 3.77. The minimum Gasteiger partial charge on any atom is -0.492 e. The normalized spacial score (nSPS) is 23.4. The van der Waals surface area contributed by atoms with Crippen LogP contribution in [-0.2, 0) is 9.47 Å². The van der Waals surface area contributed by atoms with Gasteiger partial charge in [-0.25, -0.2) is 9.97 Å². The van der Waals surface area contributed by atoms with Crippen LogP contribution in [0, 0.1) is 0 Å². The summed E-state index contributed by atoms with van der Waals surface area (Å²) in [5.41, 5.74) is 3.26. The van der Waals surface area contributed by atoms with Crippen molar-refractivity contribution in [1.82, 2.24) is 14.9 Å². The van der Waals surface area contributed by atoms with Gasteiger partial charge in [0.1, 0.15) is 30.6 Å². The smallest absolute Gasteiger partial charge is 0.223 e. The molecule has 194 valence electrons. The Balaban J connectivity index is 1.20. The molecule has 0 saturated carbocycles. The Hall–Kier alpha value is -3.20. The number of nitrogens with one attached hydrogen (secondary N) is 1. The number of nitrogens with zero attached hydrogens (tertiary/aromatic N) is 3. The minimum atomic E-state index is -0.209. The first-order valence-corrected chi connectivity index (χ1v) is 13.3. The van der Waals surface area contributed by atoms with Crippen molar-refractivity contribution in [3.8, 4) is 11.6 Å². The topological polar surface area (TPSA) is 78.0 Å². The van der Waals surface area contributed by atoms with E-state index in [4.69, 9.17) is 18.9 Å². The Morgan fingerprint density at radius 1 is 0.946 bits per heavy atom. The Bertz CT molecular complexity index is 1150. The molecule has 0 spiro atoms. The minimum absolute atomic E-state index is 0.0301. The Kier molecular flexibility index (Phi) is 7.48. The van der Waals surface area contributed by atoms with E-state index < -0.39 is 0 Å². The second kappa shape index (κ2) is 11.5. The van der Waals surface area contributed by atoms with Gasteiger partial charge in [0.25, 0.3) is 0 Å². The van der Waals surface area contributed by atoms with E-state index in [0.717, 1.165) is 81.5 Å². The summed E-state index contributed by atoms with van der Waals surface area (Å²) in [5, 5.41) is 3.53. The van der Waals surface area contributed by atoms with Gasteiger partial charge >= 0.3 is 0 Å². The number of benzene rings is 2. The number of anilines is 1. The summed E-state index contributed by atoms with van der Waals surface area (Å²) in [4.78, 5) is 11.5. The van der Waals surface area contributed by atoms with E-state index in [1.54, 1.807) is 6.33 Å². The van der Waals surface area contributed by atoms with E-state index in [1.165, 1.54) is 5.56 Å². The van der Waals surface area contributed by atoms with E-state index in [-0.39, 0.29) is 18.1 Å². The lowest BCUT2D eigenvalue weighted by Gasteiger charge is -2.26. The molecule has 2 unspecified atom stereocenters. The van der Waals surface area contributed by atoms with Gasteiger partial charge in [-0.05, 0) is 36.1 Å². The SMILES string of the molecule is c1ccc(C2c3c(NC[C@@H]4CCCO4)ncnc3OC2c2ccc(OCCN3CCOCC3)cc2)cc1. The molecule has 37 heavy (non-hydrogen) atoms. The van der Waals surface area contributed by atoms with Crippen LogP contribution in [0.25, 0.3) is 0 Å². The molecule has 8 nitrogen and oxygen atoms in total. The number of hydrogen-bond donors (Lipinski definition) is 1. The highest BCUT2D eigenvalue weighted by atomic mass is 16.5. The molecule has 8 heteroatoms. The van der Waals surface area contributed by atoms with E-state index in [1.807, 2.05) is 18.2 Å². The van der Waals surface area contributed by atoms with Crippen LogP contribution >= 0.6 is 0 Å². The van der Waals surface area contributed by atoms with Crippen LogP contribution in [0.1, 0.15) is 41.6 Å². The number of morpholine rings is 1. The third-order valence-electron chi connectivity index (χ3n) is 7.37. The van der Waals surface area contributed by atoms with Gasteiger partial charge in [-0.1, -0.05) is 42.5 Å². The van der Waals surface area contributed by atoms with Crippen molar-refractivity contribution in [3.05, 3.63) is 77.6 Å². The van der Waals surface area contributed by atoms with Crippen LogP contribution in [0.15, 0.2) is 60.9 Å². The number of rotatable bonds is 9. The zero-order valence-corrected chi connectivity index (χ0v) is 21.1. The van der Waals surface area contributed by atoms with Crippen molar-refractivity contribution in [2.24, 2.45) is 0 Å². The molecule has 0 amide bonds. The largest absolute Gasteiger partial charge is 0.492 e. The molecule has 6 rings (SSSR count). The molecule has 0 radical (unpaired) electrons. The zero-order chi connectivity index (χ0) is 24.9. The lowest BCUT2D eigenvalue weighted by Crippen LogP contribution is -2.38. The second-order valence-corrected chi connectivity index (χ2v) is 9.76. The summed E-state index contributed by atoms with van der Waals surface area (Å²) in [7, 11) is 0. The van der Waals surface area contributed by atoms with Crippen LogP contribution in [0.5, 0.6) is 11.6 Å². The van der Waals surface area contributed by atoms with Crippen LogP contribution < -0.4 is 14.8 Å². The lowest BCUT2D eigenvalue weighted by molar-refractivity contribution is 0.0322. The maximum Gasteiger partial charge on any atom is 0.223 e. The Morgan fingerprint density at radius 2 is 1.78 bits per heavy atom. The van der Waals surface area contributed by atoms with Crippen molar-refractivity contribution in [2.75, 3.05) is 57.9 Å². The van der Waals surface area contributed by atoms with Gasteiger partial charge in [0.15, 0.2) is 0 Å². The third-order valence-corrected chi connectivity index (χ3v) is 7.37. The molecule has 3 aromatic rings. The third kappa shape index (κ3) is 5.56. The summed E-state index contributed by atoms with van der Waals surface area (Å²) in [6, 6.07) is 18.7. The second-order valence-electron chi connectivity index (χ2n) is 9.76. The van der Waals surface area contributed by atoms with Gasteiger partial charge in [0.05, 0.1) is 30.8 Å². The van der Waals surface area contributed by atoms with Gasteiger partial charge in [-0.2, -0.15) is 0 Å². The Morgan fingerprint density at radius 3 is 2.57 bits per heavy atom. The summed E-state index contributed by atoms with van der Waals surface area (Å²) >= 11 is 0. The maximum atomic E-state index is 6.49. The average molecular weight is 503 g/mol. The maximum absolute atomic E-state index is 6.49.